The van der Waals surface area contributed by atoms with E-state index in [9.17, 15) is 14.0 Å². The standard InChI is InChI=1S/C23H28FN3O2/c1-23(2,3)26-22(29)18-9-5-7-11-20(18)27-14-12-16(13-15-27)25-21(28)17-8-4-6-10-19(17)24/h4-11,16H,12-15H2,1-3H3,(H,25,28)(H,26,29). The molecule has 5 nitrogen and oxygen atoms in total. The van der Waals surface area contributed by atoms with Crippen molar-refractivity contribution in [1.29, 1.82) is 0 Å². The lowest BCUT2D eigenvalue weighted by molar-refractivity contribution is 0.0916. The first-order valence-electron chi connectivity index (χ1n) is 9.96. The fourth-order valence-corrected chi connectivity index (χ4v) is 3.52. The van der Waals surface area contributed by atoms with Crippen LogP contribution in [-0.4, -0.2) is 36.5 Å². The van der Waals surface area contributed by atoms with Crippen LogP contribution in [0.25, 0.3) is 0 Å². The minimum Gasteiger partial charge on any atom is -0.371 e. The van der Waals surface area contributed by atoms with Gasteiger partial charge in [0.25, 0.3) is 11.8 Å². The maximum atomic E-state index is 13.8. The normalized spacial score (nSPS) is 15.1. The number of nitrogens with zero attached hydrogens (tertiary/aromatic N) is 1. The van der Waals surface area contributed by atoms with Gasteiger partial charge in [0.1, 0.15) is 5.82 Å². The number of anilines is 1. The minimum absolute atomic E-state index is 0.0195. The number of hydrogen-bond acceptors (Lipinski definition) is 3. The Kier molecular flexibility index (Phi) is 6.20. The van der Waals surface area contributed by atoms with Crippen LogP contribution in [0.1, 0.15) is 54.3 Å². The summed E-state index contributed by atoms with van der Waals surface area (Å²) < 4.78 is 13.8. The van der Waals surface area contributed by atoms with Gasteiger partial charge in [-0.25, -0.2) is 4.39 Å². The fourth-order valence-electron chi connectivity index (χ4n) is 3.52. The molecule has 2 aromatic carbocycles. The van der Waals surface area contributed by atoms with Crippen molar-refractivity contribution >= 4 is 17.5 Å². The first-order valence-corrected chi connectivity index (χ1v) is 9.96. The Morgan fingerprint density at radius 1 is 0.931 bits per heavy atom. The van der Waals surface area contributed by atoms with Crippen molar-refractivity contribution in [2.45, 2.75) is 45.2 Å². The molecule has 29 heavy (non-hydrogen) atoms. The molecule has 3 rings (SSSR count). The molecule has 0 atom stereocenters. The van der Waals surface area contributed by atoms with Crippen LogP contribution in [0.3, 0.4) is 0 Å². The third-order valence-corrected chi connectivity index (χ3v) is 4.93. The number of halogens is 1. The Morgan fingerprint density at radius 3 is 2.14 bits per heavy atom. The van der Waals surface area contributed by atoms with E-state index >= 15 is 0 Å². The van der Waals surface area contributed by atoms with Crippen LogP contribution in [0.5, 0.6) is 0 Å². The summed E-state index contributed by atoms with van der Waals surface area (Å²) in [6.45, 7) is 7.29. The van der Waals surface area contributed by atoms with Gasteiger partial charge >= 0.3 is 0 Å². The first-order chi connectivity index (χ1) is 13.7. The molecule has 1 heterocycles. The van der Waals surface area contributed by atoms with Gasteiger partial charge in [0.2, 0.25) is 0 Å². The number of benzene rings is 2. The number of nitrogens with one attached hydrogen (secondary N) is 2. The van der Waals surface area contributed by atoms with E-state index in [1.54, 1.807) is 12.1 Å². The molecule has 0 aromatic heterocycles. The SMILES string of the molecule is CC(C)(C)NC(=O)c1ccccc1N1CCC(NC(=O)c2ccccc2F)CC1. The summed E-state index contributed by atoms with van der Waals surface area (Å²) in [5.74, 6) is -0.990. The number of hydrogen-bond donors (Lipinski definition) is 2. The Bertz CT molecular complexity index is 884. The average molecular weight is 397 g/mol. The Hall–Kier alpha value is -2.89. The second-order valence-electron chi connectivity index (χ2n) is 8.44. The summed E-state index contributed by atoms with van der Waals surface area (Å²) in [7, 11) is 0. The van der Waals surface area contributed by atoms with Crippen molar-refractivity contribution in [3.63, 3.8) is 0 Å². The van der Waals surface area contributed by atoms with Gasteiger partial charge in [-0.05, 0) is 57.9 Å². The maximum absolute atomic E-state index is 13.8. The monoisotopic (exact) mass is 397 g/mol. The molecule has 0 spiro atoms. The van der Waals surface area contributed by atoms with Gasteiger partial charge in [0, 0.05) is 30.4 Å². The van der Waals surface area contributed by atoms with Gasteiger partial charge in [0.15, 0.2) is 0 Å². The summed E-state index contributed by atoms with van der Waals surface area (Å²) in [5, 5.41) is 5.95. The largest absolute Gasteiger partial charge is 0.371 e. The van der Waals surface area contributed by atoms with E-state index < -0.39 is 5.82 Å². The molecular formula is C23H28FN3O2. The molecule has 0 aliphatic carbocycles. The molecule has 0 bridgehead atoms. The molecule has 1 aliphatic rings. The van der Waals surface area contributed by atoms with Crippen LogP contribution in [0.4, 0.5) is 10.1 Å². The number of rotatable bonds is 4. The summed E-state index contributed by atoms with van der Waals surface area (Å²) in [5.41, 5.74) is 1.30. The topological polar surface area (TPSA) is 61.4 Å². The molecule has 1 aliphatic heterocycles. The molecule has 2 aromatic rings. The zero-order valence-electron chi connectivity index (χ0n) is 17.2. The first kappa shape index (κ1) is 20.8. The molecule has 154 valence electrons. The molecule has 1 saturated heterocycles. The number of amides is 2. The van der Waals surface area contributed by atoms with Crippen molar-refractivity contribution in [1.82, 2.24) is 10.6 Å². The Labute approximate surface area is 171 Å². The van der Waals surface area contributed by atoms with Gasteiger partial charge in [0.05, 0.1) is 11.1 Å². The fraction of sp³-hybridized carbons (Fsp3) is 0.391. The highest BCUT2D eigenvalue weighted by Gasteiger charge is 2.25. The van der Waals surface area contributed by atoms with Crippen molar-refractivity contribution in [3.8, 4) is 0 Å². The van der Waals surface area contributed by atoms with E-state index in [4.69, 9.17) is 0 Å². The van der Waals surface area contributed by atoms with Gasteiger partial charge in [-0.15, -0.1) is 0 Å². The number of piperidine rings is 1. The van der Waals surface area contributed by atoms with Gasteiger partial charge in [-0.3, -0.25) is 9.59 Å². The minimum atomic E-state index is -0.513. The average Bonchev–Trinajstić information content (AvgIpc) is 2.67. The van der Waals surface area contributed by atoms with Crippen LogP contribution in [0, 0.1) is 5.82 Å². The lowest BCUT2D eigenvalue weighted by Gasteiger charge is -2.35. The summed E-state index contributed by atoms with van der Waals surface area (Å²) >= 11 is 0. The molecule has 2 amide bonds. The van der Waals surface area contributed by atoms with E-state index in [0.717, 1.165) is 18.5 Å². The molecule has 0 saturated carbocycles. The van der Waals surface area contributed by atoms with Crippen molar-refractivity contribution in [3.05, 3.63) is 65.5 Å². The second-order valence-corrected chi connectivity index (χ2v) is 8.44. The van der Waals surface area contributed by atoms with Gasteiger partial charge in [-0.1, -0.05) is 24.3 Å². The highest BCUT2D eigenvalue weighted by molar-refractivity contribution is 6.00. The van der Waals surface area contributed by atoms with E-state index in [2.05, 4.69) is 15.5 Å². The van der Waals surface area contributed by atoms with Crippen molar-refractivity contribution in [2.75, 3.05) is 18.0 Å². The molecule has 6 heteroatoms. The van der Waals surface area contributed by atoms with Crippen molar-refractivity contribution in [2.24, 2.45) is 0 Å². The number of carbonyl (C=O) groups excluding carboxylic acids is 2. The summed E-state index contributed by atoms with van der Waals surface area (Å²) in [6, 6.07) is 13.6. The maximum Gasteiger partial charge on any atom is 0.254 e. The predicted molar refractivity (Wildman–Crippen MR) is 113 cm³/mol. The van der Waals surface area contributed by atoms with Crippen molar-refractivity contribution < 1.29 is 14.0 Å². The van der Waals surface area contributed by atoms with E-state index in [-0.39, 0.29) is 29.0 Å². The highest BCUT2D eigenvalue weighted by Crippen LogP contribution is 2.25. The van der Waals surface area contributed by atoms with Crippen LogP contribution in [0.2, 0.25) is 0 Å². The highest BCUT2D eigenvalue weighted by atomic mass is 19.1. The third kappa shape index (κ3) is 5.34. The van der Waals surface area contributed by atoms with Crippen LogP contribution >= 0.6 is 0 Å². The van der Waals surface area contributed by atoms with Crippen LogP contribution in [0.15, 0.2) is 48.5 Å². The van der Waals surface area contributed by atoms with Gasteiger partial charge < -0.3 is 15.5 Å². The van der Waals surface area contributed by atoms with E-state index in [0.29, 0.717) is 18.7 Å². The van der Waals surface area contributed by atoms with Crippen LogP contribution in [-0.2, 0) is 0 Å². The zero-order valence-corrected chi connectivity index (χ0v) is 17.2. The lowest BCUT2D eigenvalue weighted by atomic mass is 10.0. The predicted octanol–water partition coefficient (Wildman–Crippen LogP) is 3.75. The number of carbonyl (C=O) groups is 2. The Morgan fingerprint density at radius 2 is 1.52 bits per heavy atom. The third-order valence-electron chi connectivity index (χ3n) is 4.93. The second kappa shape index (κ2) is 8.64. The summed E-state index contributed by atoms with van der Waals surface area (Å²) in [6.07, 6.45) is 1.46. The van der Waals surface area contributed by atoms with E-state index in [1.807, 2.05) is 45.0 Å². The molecular weight excluding hydrogens is 369 g/mol. The molecule has 0 unspecified atom stereocenters. The van der Waals surface area contributed by atoms with E-state index in [1.165, 1.54) is 12.1 Å². The molecule has 1 fully saturated rings. The quantitative estimate of drug-likeness (QED) is 0.826. The zero-order chi connectivity index (χ0) is 21.0. The smallest absolute Gasteiger partial charge is 0.254 e. The molecule has 0 radical (unpaired) electrons. The van der Waals surface area contributed by atoms with Gasteiger partial charge in [-0.2, -0.15) is 0 Å². The number of para-hydroxylation sites is 1. The Balaban J connectivity index is 1.63. The summed E-state index contributed by atoms with van der Waals surface area (Å²) in [4.78, 5) is 27.2. The molecule has 2 N–H and O–H groups in total. The van der Waals surface area contributed by atoms with Crippen LogP contribution < -0.4 is 15.5 Å². The lowest BCUT2D eigenvalue weighted by Crippen LogP contribution is -2.46.